The molecule has 1 atom stereocenters. The molecule has 2 aromatic rings. The summed E-state index contributed by atoms with van der Waals surface area (Å²) in [4.78, 5) is 12.0. The second kappa shape index (κ2) is 5.54. The molecule has 1 nitrogen and oxygen atoms in total. The summed E-state index contributed by atoms with van der Waals surface area (Å²) in [5, 5.41) is 0. The van der Waals surface area contributed by atoms with Gasteiger partial charge in [-0.2, -0.15) is 0 Å². The highest BCUT2D eigenvalue weighted by Crippen LogP contribution is 2.24. The topological polar surface area (TPSA) is 17.1 Å². The van der Waals surface area contributed by atoms with Crippen LogP contribution < -0.4 is 0 Å². The van der Waals surface area contributed by atoms with Gasteiger partial charge in [-0.05, 0) is 31.5 Å². The third kappa shape index (κ3) is 2.92. The number of carbonyl (C=O) groups excluding carboxylic acids is 1. The van der Waals surface area contributed by atoms with Crippen LogP contribution in [0.2, 0.25) is 0 Å². The van der Waals surface area contributed by atoms with Crippen molar-refractivity contribution in [1.29, 1.82) is 0 Å². The van der Waals surface area contributed by atoms with E-state index in [0.717, 1.165) is 11.1 Å². The van der Waals surface area contributed by atoms with Crippen LogP contribution in [0.25, 0.3) is 0 Å². The molecule has 2 rings (SSSR count). The molecule has 2 aromatic carbocycles. The lowest BCUT2D eigenvalue weighted by molar-refractivity contribution is -0.120. The van der Waals surface area contributed by atoms with E-state index < -0.39 is 5.41 Å². The molecule has 0 N–H and O–H groups in total. The van der Waals surface area contributed by atoms with Crippen molar-refractivity contribution < 1.29 is 4.79 Å². The predicted molar refractivity (Wildman–Crippen MR) is 77.8 cm³/mol. The zero-order valence-corrected chi connectivity index (χ0v) is 11.2. The lowest BCUT2D eigenvalue weighted by Crippen LogP contribution is -2.28. The first kappa shape index (κ1) is 13.1. The third-order valence-electron chi connectivity index (χ3n) is 3.29. The molecule has 0 aromatic heterocycles. The smallest absolute Gasteiger partial charge is 0.152 e. The second-order valence-corrected chi connectivity index (χ2v) is 4.66. The summed E-state index contributed by atoms with van der Waals surface area (Å²) in [6.45, 7) is 3.47. The minimum Gasteiger partial charge on any atom is -0.298 e. The summed E-state index contributed by atoms with van der Waals surface area (Å²) in [5.74, 6) is 6.28. The minimum absolute atomic E-state index is 0.0575. The van der Waals surface area contributed by atoms with Crippen LogP contribution in [0.15, 0.2) is 60.7 Å². The van der Waals surface area contributed by atoms with Gasteiger partial charge in [0.05, 0.1) is 0 Å². The lowest BCUT2D eigenvalue weighted by Gasteiger charge is -2.20. The van der Waals surface area contributed by atoms with Gasteiger partial charge in [-0.15, -0.1) is 0 Å². The number of carbonyl (C=O) groups is 1. The molecule has 1 unspecified atom stereocenters. The molecule has 0 heterocycles. The van der Waals surface area contributed by atoms with Gasteiger partial charge in [-0.1, -0.05) is 60.4 Å². The van der Waals surface area contributed by atoms with Crippen LogP contribution in [0.3, 0.4) is 0 Å². The van der Waals surface area contributed by atoms with Crippen LogP contribution in [0.1, 0.15) is 25.0 Å². The van der Waals surface area contributed by atoms with E-state index in [1.165, 1.54) is 0 Å². The Labute approximate surface area is 114 Å². The number of hydrogen-bond donors (Lipinski definition) is 0. The van der Waals surface area contributed by atoms with Gasteiger partial charge >= 0.3 is 0 Å². The Balaban J connectivity index is 2.43. The van der Waals surface area contributed by atoms with Gasteiger partial charge in [0.15, 0.2) is 5.78 Å². The van der Waals surface area contributed by atoms with Gasteiger partial charge in [0.25, 0.3) is 0 Å². The molecule has 94 valence electrons. The van der Waals surface area contributed by atoms with Crippen LogP contribution in [-0.4, -0.2) is 5.78 Å². The fourth-order valence-corrected chi connectivity index (χ4v) is 1.85. The fraction of sp³-hybridized carbons (Fsp3) is 0.167. The van der Waals surface area contributed by atoms with Crippen molar-refractivity contribution in [3.05, 3.63) is 71.8 Å². The van der Waals surface area contributed by atoms with Crippen molar-refractivity contribution in [3.63, 3.8) is 0 Å². The van der Waals surface area contributed by atoms with Crippen molar-refractivity contribution in [2.75, 3.05) is 0 Å². The van der Waals surface area contributed by atoms with Crippen molar-refractivity contribution in [3.8, 4) is 11.8 Å². The molecule has 0 bridgehead atoms. The number of rotatable bonds is 2. The van der Waals surface area contributed by atoms with Crippen LogP contribution >= 0.6 is 0 Å². The average Bonchev–Trinajstić information content (AvgIpc) is 2.46. The van der Waals surface area contributed by atoms with E-state index in [9.17, 15) is 4.79 Å². The summed E-state index contributed by atoms with van der Waals surface area (Å²) in [6, 6.07) is 19.4. The van der Waals surface area contributed by atoms with Crippen LogP contribution in [0.5, 0.6) is 0 Å². The minimum atomic E-state index is -0.753. The SMILES string of the molecule is CC(=O)C(C)(C#Cc1ccccc1)c1ccccc1. The zero-order chi connectivity index (χ0) is 13.7. The van der Waals surface area contributed by atoms with E-state index >= 15 is 0 Å². The molecule has 0 saturated carbocycles. The quantitative estimate of drug-likeness (QED) is 0.742. The van der Waals surface area contributed by atoms with Gasteiger partial charge in [-0.3, -0.25) is 4.79 Å². The van der Waals surface area contributed by atoms with E-state index in [2.05, 4.69) is 11.8 Å². The molecule has 0 amide bonds. The van der Waals surface area contributed by atoms with Crippen molar-refractivity contribution in [2.24, 2.45) is 0 Å². The van der Waals surface area contributed by atoms with Crippen LogP contribution in [-0.2, 0) is 10.2 Å². The Kier molecular flexibility index (Phi) is 3.82. The highest BCUT2D eigenvalue weighted by atomic mass is 16.1. The van der Waals surface area contributed by atoms with Gasteiger partial charge < -0.3 is 0 Å². The summed E-state index contributed by atoms with van der Waals surface area (Å²) >= 11 is 0. The normalized spacial score (nSPS) is 12.9. The first-order chi connectivity index (χ1) is 9.13. The summed E-state index contributed by atoms with van der Waals surface area (Å²) in [5.41, 5.74) is 1.11. The Morgan fingerprint density at radius 2 is 1.47 bits per heavy atom. The average molecular weight is 248 g/mol. The molecule has 0 aliphatic rings. The molecule has 19 heavy (non-hydrogen) atoms. The molecule has 0 aliphatic heterocycles. The maximum absolute atomic E-state index is 12.0. The summed E-state index contributed by atoms with van der Waals surface area (Å²) in [7, 11) is 0. The van der Waals surface area contributed by atoms with Gasteiger partial charge in [0.1, 0.15) is 5.41 Å². The number of Topliss-reactive ketones (excluding diaryl/α,β-unsaturated/α-hetero) is 1. The summed E-state index contributed by atoms with van der Waals surface area (Å²) < 4.78 is 0. The molecule has 0 aliphatic carbocycles. The van der Waals surface area contributed by atoms with Crippen molar-refractivity contribution >= 4 is 5.78 Å². The number of ketones is 1. The maximum atomic E-state index is 12.0. The Hall–Kier alpha value is -2.33. The highest BCUT2D eigenvalue weighted by molar-refractivity contribution is 5.91. The molecular weight excluding hydrogens is 232 g/mol. The lowest BCUT2D eigenvalue weighted by atomic mass is 9.79. The van der Waals surface area contributed by atoms with Crippen molar-refractivity contribution in [1.82, 2.24) is 0 Å². The van der Waals surface area contributed by atoms with E-state index in [1.807, 2.05) is 67.6 Å². The maximum Gasteiger partial charge on any atom is 0.152 e. The van der Waals surface area contributed by atoms with E-state index in [4.69, 9.17) is 0 Å². The largest absolute Gasteiger partial charge is 0.298 e. The first-order valence-electron chi connectivity index (χ1n) is 6.28. The first-order valence-corrected chi connectivity index (χ1v) is 6.28. The summed E-state index contributed by atoms with van der Waals surface area (Å²) in [6.07, 6.45) is 0. The monoisotopic (exact) mass is 248 g/mol. The van der Waals surface area contributed by atoms with Crippen molar-refractivity contribution in [2.45, 2.75) is 19.3 Å². The highest BCUT2D eigenvalue weighted by Gasteiger charge is 2.29. The molecular formula is C18H16O. The number of hydrogen-bond acceptors (Lipinski definition) is 1. The Morgan fingerprint density at radius 3 is 2.00 bits per heavy atom. The van der Waals surface area contributed by atoms with Gasteiger partial charge in [0, 0.05) is 5.56 Å². The van der Waals surface area contributed by atoms with Crippen LogP contribution in [0.4, 0.5) is 0 Å². The Morgan fingerprint density at radius 1 is 0.947 bits per heavy atom. The van der Waals surface area contributed by atoms with Crippen LogP contribution in [0, 0.1) is 11.8 Å². The van der Waals surface area contributed by atoms with E-state index in [-0.39, 0.29) is 5.78 Å². The molecule has 0 spiro atoms. The molecule has 1 heteroatoms. The predicted octanol–water partition coefficient (Wildman–Crippen LogP) is 3.59. The standard InChI is InChI=1S/C18H16O/c1-15(19)18(2,17-11-7-4-8-12-17)14-13-16-9-5-3-6-10-16/h3-12H,1-2H3. The zero-order valence-electron chi connectivity index (χ0n) is 11.2. The van der Waals surface area contributed by atoms with E-state index in [0.29, 0.717) is 0 Å². The second-order valence-electron chi connectivity index (χ2n) is 4.66. The molecule has 0 radical (unpaired) electrons. The molecule has 0 fully saturated rings. The number of benzene rings is 2. The van der Waals surface area contributed by atoms with Gasteiger partial charge in [-0.25, -0.2) is 0 Å². The van der Waals surface area contributed by atoms with Gasteiger partial charge in [0.2, 0.25) is 0 Å². The third-order valence-corrected chi connectivity index (χ3v) is 3.29. The Bertz CT molecular complexity index is 617. The fourth-order valence-electron chi connectivity index (χ4n) is 1.85. The molecule has 0 saturated heterocycles. The van der Waals surface area contributed by atoms with E-state index in [1.54, 1.807) is 6.92 Å².